The Hall–Kier alpha value is 0.400. The third-order valence-corrected chi connectivity index (χ3v) is 5.66. The standard InChI is InChI=1S/C19H37BrO2/c20-18(13-8-10-16-21)12-6-4-2-1-3-5-7-14-19-15-9-11-17-22-19/h18-19,21H,1-17H2. The zero-order valence-electron chi connectivity index (χ0n) is 14.4. The summed E-state index contributed by atoms with van der Waals surface area (Å²) < 4.78 is 5.78. The highest BCUT2D eigenvalue weighted by atomic mass is 79.9. The van der Waals surface area contributed by atoms with E-state index in [9.17, 15) is 0 Å². The summed E-state index contributed by atoms with van der Waals surface area (Å²) in [6.07, 6.45) is 20.1. The van der Waals surface area contributed by atoms with Gasteiger partial charge in [0.25, 0.3) is 0 Å². The van der Waals surface area contributed by atoms with Gasteiger partial charge in [0, 0.05) is 18.0 Å². The van der Waals surface area contributed by atoms with Crippen molar-refractivity contribution in [1.82, 2.24) is 0 Å². The van der Waals surface area contributed by atoms with Gasteiger partial charge in [0.1, 0.15) is 0 Å². The molecule has 1 aliphatic heterocycles. The number of ether oxygens (including phenoxy) is 1. The number of hydrogen-bond acceptors (Lipinski definition) is 2. The van der Waals surface area contributed by atoms with Crippen molar-refractivity contribution < 1.29 is 9.84 Å². The lowest BCUT2D eigenvalue weighted by molar-refractivity contribution is 0.00977. The van der Waals surface area contributed by atoms with Crippen LogP contribution in [0.15, 0.2) is 0 Å². The van der Waals surface area contributed by atoms with Crippen LogP contribution in [0.4, 0.5) is 0 Å². The molecule has 3 heteroatoms. The maximum absolute atomic E-state index is 8.77. The fourth-order valence-corrected chi connectivity index (χ4v) is 3.93. The second kappa shape index (κ2) is 15.0. The monoisotopic (exact) mass is 376 g/mol. The van der Waals surface area contributed by atoms with Crippen LogP contribution < -0.4 is 0 Å². The van der Waals surface area contributed by atoms with E-state index >= 15 is 0 Å². The molecule has 2 unspecified atom stereocenters. The Morgan fingerprint density at radius 3 is 2.14 bits per heavy atom. The Kier molecular flexibility index (Phi) is 13.9. The molecule has 0 aromatic carbocycles. The summed E-state index contributed by atoms with van der Waals surface area (Å²) in [7, 11) is 0. The van der Waals surface area contributed by atoms with E-state index in [0.29, 0.717) is 17.5 Å². The first-order valence-electron chi connectivity index (χ1n) is 9.69. The van der Waals surface area contributed by atoms with Gasteiger partial charge in [-0.1, -0.05) is 67.3 Å². The third-order valence-electron chi connectivity index (χ3n) is 4.74. The molecule has 22 heavy (non-hydrogen) atoms. The predicted octanol–water partition coefficient (Wildman–Crippen LogP) is 5.99. The number of halogens is 1. The molecule has 1 fully saturated rings. The molecule has 0 aromatic rings. The molecule has 1 heterocycles. The number of rotatable bonds is 14. The van der Waals surface area contributed by atoms with Gasteiger partial charge in [-0.3, -0.25) is 0 Å². The fourth-order valence-electron chi connectivity index (χ4n) is 3.28. The Balaban J connectivity index is 1.75. The molecule has 0 saturated carbocycles. The van der Waals surface area contributed by atoms with Crippen LogP contribution in [-0.4, -0.2) is 29.3 Å². The minimum absolute atomic E-state index is 0.340. The average molecular weight is 377 g/mol. The Labute approximate surface area is 146 Å². The minimum atomic E-state index is 0.340. The molecule has 0 spiro atoms. The summed E-state index contributed by atoms with van der Waals surface area (Å²) in [6, 6.07) is 0. The van der Waals surface area contributed by atoms with Crippen molar-refractivity contribution in [2.24, 2.45) is 0 Å². The number of aliphatic hydroxyl groups excluding tert-OH is 1. The van der Waals surface area contributed by atoms with E-state index in [1.54, 1.807) is 0 Å². The maximum Gasteiger partial charge on any atom is 0.0575 e. The van der Waals surface area contributed by atoms with E-state index in [2.05, 4.69) is 15.9 Å². The van der Waals surface area contributed by atoms with Crippen LogP contribution in [-0.2, 0) is 4.74 Å². The number of alkyl halides is 1. The molecule has 132 valence electrons. The molecular weight excluding hydrogens is 340 g/mol. The van der Waals surface area contributed by atoms with E-state index in [1.807, 2.05) is 0 Å². The number of aliphatic hydroxyl groups is 1. The summed E-state index contributed by atoms with van der Waals surface area (Å²) in [5.74, 6) is 0. The summed E-state index contributed by atoms with van der Waals surface area (Å²) >= 11 is 3.76. The Bertz CT molecular complexity index is 229. The first kappa shape index (κ1) is 20.4. The van der Waals surface area contributed by atoms with Gasteiger partial charge in [-0.15, -0.1) is 0 Å². The first-order valence-corrected chi connectivity index (χ1v) is 10.6. The lowest BCUT2D eigenvalue weighted by Crippen LogP contribution is -2.18. The van der Waals surface area contributed by atoms with Crippen molar-refractivity contribution >= 4 is 15.9 Å². The molecule has 0 aromatic heterocycles. The van der Waals surface area contributed by atoms with Gasteiger partial charge in [-0.25, -0.2) is 0 Å². The largest absolute Gasteiger partial charge is 0.396 e. The van der Waals surface area contributed by atoms with Crippen LogP contribution in [0.1, 0.15) is 96.3 Å². The third kappa shape index (κ3) is 11.9. The molecule has 1 saturated heterocycles. The second-order valence-corrected chi connectivity index (χ2v) is 8.15. The Morgan fingerprint density at radius 2 is 1.50 bits per heavy atom. The van der Waals surface area contributed by atoms with Crippen LogP contribution in [0.3, 0.4) is 0 Å². The number of hydrogen-bond donors (Lipinski definition) is 1. The van der Waals surface area contributed by atoms with E-state index in [1.165, 1.54) is 83.5 Å². The zero-order valence-corrected chi connectivity index (χ0v) is 16.0. The highest BCUT2D eigenvalue weighted by molar-refractivity contribution is 9.09. The van der Waals surface area contributed by atoms with Gasteiger partial charge in [-0.2, -0.15) is 0 Å². The first-order chi connectivity index (χ1) is 10.8. The predicted molar refractivity (Wildman–Crippen MR) is 98.8 cm³/mol. The molecule has 2 atom stereocenters. The van der Waals surface area contributed by atoms with Crippen molar-refractivity contribution in [2.75, 3.05) is 13.2 Å². The Morgan fingerprint density at radius 1 is 0.864 bits per heavy atom. The topological polar surface area (TPSA) is 29.5 Å². The molecule has 1 N–H and O–H groups in total. The van der Waals surface area contributed by atoms with Gasteiger partial charge in [0.05, 0.1) is 6.10 Å². The fraction of sp³-hybridized carbons (Fsp3) is 1.00. The second-order valence-electron chi connectivity index (χ2n) is 6.86. The van der Waals surface area contributed by atoms with E-state index in [4.69, 9.17) is 9.84 Å². The summed E-state index contributed by atoms with van der Waals surface area (Å²) in [6.45, 7) is 1.34. The normalized spacial score (nSPS) is 20.2. The van der Waals surface area contributed by atoms with Crippen LogP contribution in [0.5, 0.6) is 0 Å². The smallest absolute Gasteiger partial charge is 0.0575 e. The maximum atomic E-state index is 8.77. The van der Waals surface area contributed by atoms with Crippen molar-refractivity contribution in [2.45, 2.75) is 107 Å². The van der Waals surface area contributed by atoms with Gasteiger partial charge in [-0.05, 0) is 44.9 Å². The van der Waals surface area contributed by atoms with Gasteiger partial charge in [0.2, 0.25) is 0 Å². The summed E-state index contributed by atoms with van der Waals surface area (Å²) in [5, 5.41) is 8.77. The van der Waals surface area contributed by atoms with Crippen molar-refractivity contribution in [1.29, 1.82) is 0 Å². The molecule has 1 aliphatic rings. The van der Waals surface area contributed by atoms with Crippen LogP contribution in [0.25, 0.3) is 0 Å². The van der Waals surface area contributed by atoms with Crippen molar-refractivity contribution in [3.05, 3.63) is 0 Å². The lowest BCUT2D eigenvalue weighted by atomic mass is 10.0. The van der Waals surface area contributed by atoms with Gasteiger partial charge < -0.3 is 9.84 Å². The molecule has 1 rings (SSSR count). The van der Waals surface area contributed by atoms with E-state index in [0.717, 1.165) is 19.4 Å². The van der Waals surface area contributed by atoms with Crippen LogP contribution in [0, 0.1) is 0 Å². The van der Waals surface area contributed by atoms with Crippen molar-refractivity contribution in [3.63, 3.8) is 0 Å². The zero-order chi connectivity index (χ0) is 15.9. The SMILES string of the molecule is OCCCCC(Br)CCCCCCCCCC1CCCCO1. The average Bonchev–Trinajstić information content (AvgIpc) is 2.54. The summed E-state index contributed by atoms with van der Waals surface area (Å²) in [5.41, 5.74) is 0. The van der Waals surface area contributed by atoms with Crippen LogP contribution in [0.2, 0.25) is 0 Å². The number of unbranched alkanes of at least 4 members (excludes halogenated alkanes) is 7. The molecule has 0 aliphatic carbocycles. The minimum Gasteiger partial charge on any atom is -0.396 e. The highest BCUT2D eigenvalue weighted by Crippen LogP contribution is 2.20. The van der Waals surface area contributed by atoms with Crippen LogP contribution >= 0.6 is 15.9 Å². The lowest BCUT2D eigenvalue weighted by Gasteiger charge is -2.22. The van der Waals surface area contributed by atoms with Crippen molar-refractivity contribution in [3.8, 4) is 0 Å². The van der Waals surface area contributed by atoms with E-state index in [-0.39, 0.29) is 0 Å². The molecule has 0 amide bonds. The summed E-state index contributed by atoms with van der Waals surface area (Å²) in [4.78, 5) is 0.662. The quantitative estimate of drug-likeness (QED) is 0.297. The van der Waals surface area contributed by atoms with Gasteiger partial charge >= 0.3 is 0 Å². The molecule has 0 radical (unpaired) electrons. The molecule has 0 bridgehead atoms. The van der Waals surface area contributed by atoms with Gasteiger partial charge in [0.15, 0.2) is 0 Å². The van der Waals surface area contributed by atoms with E-state index < -0.39 is 0 Å². The highest BCUT2D eigenvalue weighted by Gasteiger charge is 2.12. The molecule has 2 nitrogen and oxygen atoms in total. The molecular formula is C19H37BrO2.